The molecule has 0 atom stereocenters. The van der Waals surface area contributed by atoms with E-state index >= 15 is 0 Å². The number of carbonyl (C=O) groups excluding carboxylic acids is 1. The topological polar surface area (TPSA) is 112 Å². The number of carbonyl (C=O) groups is 1. The van der Waals surface area contributed by atoms with Gasteiger partial charge in [0, 0.05) is 17.0 Å². The number of nitriles is 4. The standard InChI is InChI=1S/C14H7ClN4O/c15-12-3-1-10(2-4-12)13(20)5-14(8-18,9-19)11(6-16)7-17/h1-4,11H,5H2. The molecule has 1 rings (SSSR count). The molecule has 1 aromatic carbocycles. The average Bonchev–Trinajstić information content (AvgIpc) is 2.47. The van der Waals surface area contributed by atoms with Gasteiger partial charge < -0.3 is 0 Å². The Bertz CT molecular complexity index is 654. The molecule has 0 unspecified atom stereocenters. The summed E-state index contributed by atoms with van der Waals surface area (Å²) < 4.78 is 0. The van der Waals surface area contributed by atoms with Gasteiger partial charge in [-0.3, -0.25) is 4.79 Å². The molecule has 0 heterocycles. The van der Waals surface area contributed by atoms with Gasteiger partial charge in [-0.15, -0.1) is 0 Å². The number of halogens is 1. The molecule has 0 aliphatic heterocycles. The first kappa shape index (κ1) is 15.2. The first-order valence-electron chi connectivity index (χ1n) is 5.43. The molecule has 0 saturated heterocycles. The predicted octanol–water partition coefficient (Wildman–Crippen LogP) is 2.61. The minimum absolute atomic E-state index is 0.263. The van der Waals surface area contributed by atoms with Crippen LogP contribution in [0.25, 0.3) is 0 Å². The Labute approximate surface area is 120 Å². The molecule has 96 valence electrons. The smallest absolute Gasteiger partial charge is 0.179 e. The van der Waals surface area contributed by atoms with Crippen molar-refractivity contribution >= 4 is 17.4 Å². The van der Waals surface area contributed by atoms with Gasteiger partial charge in [0.15, 0.2) is 17.1 Å². The van der Waals surface area contributed by atoms with Gasteiger partial charge in [0.1, 0.15) is 0 Å². The van der Waals surface area contributed by atoms with Crippen molar-refractivity contribution in [2.45, 2.75) is 6.42 Å². The third kappa shape index (κ3) is 2.93. The summed E-state index contributed by atoms with van der Waals surface area (Å²) in [7, 11) is 0. The van der Waals surface area contributed by atoms with Gasteiger partial charge in [0.25, 0.3) is 0 Å². The number of benzene rings is 1. The van der Waals surface area contributed by atoms with E-state index in [-0.39, 0.29) is 5.56 Å². The minimum atomic E-state index is -1.97. The first-order chi connectivity index (χ1) is 9.52. The molecular formula is C14H7ClN4O. The second-order valence-electron chi connectivity index (χ2n) is 3.99. The molecule has 0 aliphatic carbocycles. The highest BCUT2D eigenvalue weighted by Crippen LogP contribution is 2.31. The van der Waals surface area contributed by atoms with Crippen LogP contribution in [0.1, 0.15) is 16.8 Å². The molecule has 0 saturated carbocycles. The molecule has 0 N–H and O–H groups in total. The zero-order valence-electron chi connectivity index (χ0n) is 10.2. The summed E-state index contributed by atoms with van der Waals surface area (Å²) in [5.41, 5.74) is -1.71. The van der Waals surface area contributed by atoms with Gasteiger partial charge in [-0.05, 0) is 24.3 Å². The molecule has 1 aromatic rings. The molecule has 6 heteroatoms. The zero-order valence-corrected chi connectivity index (χ0v) is 10.9. The van der Waals surface area contributed by atoms with Crippen LogP contribution in [0.4, 0.5) is 0 Å². The van der Waals surface area contributed by atoms with E-state index in [1.807, 2.05) is 0 Å². The quantitative estimate of drug-likeness (QED) is 0.788. The predicted molar refractivity (Wildman–Crippen MR) is 68.8 cm³/mol. The lowest BCUT2D eigenvalue weighted by molar-refractivity contribution is 0.0951. The van der Waals surface area contributed by atoms with Crippen molar-refractivity contribution in [1.82, 2.24) is 0 Å². The molecule has 20 heavy (non-hydrogen) atoms. The van der Waals surface area contributed by atoms with E-state index in [0.717, 1.165) is 0 Å². The van der Waals surface area contributed by atoms with Crippen LogP contribution < -0.4 is 0 Å². The second-order valence-corrected chi connectivity index (χ2v) is 4.43. The summed E-state index contributed by atoms with van der Waals surface area (Å²) in [6.45, 7) is 0. The average molecular weight is 283 g/mol. The number of Topliss-reactive ketones (excluding diaryl/α,β-unsaturated/α-hetero) is 1. The molecule has 0 radical (unpaired) electrons. The summed E-state index contributed by atoms with van der Waals surface area (Å²) in [6.07, 6.45) is -0.520. The molecular weight excluding hydrogens is 276 g/mol. The number of hydrogen-bond acceptors (Lipinski definition) is 5. The largest absolute Gasteiger partial charge is 0.294 e. The van der Waals surface area contributed by atoms with Crippen LogP contribution in [0.5, 0.6) is 0 Å². The van der Waals surface area contributed by atoms with E-state index in [1.54, 1.807) is 24.3 Å². The minimum Gasteiger partial charge on any atom is -0.294 e. The zero-order chi connectivity index (χ0) is 15.2. The SMILES string of the molecule is N#CC(C#N)C(C#N)(C#N)CC(=O)c1ccc(Cl)cc1. The third-order valence-electron chi connectivity index (χ3n) is 2.76. The van der Waals surface area contributed by atoms with E-state index in [4.69, 9.17) is 32.6 Å². The molecule has 0 amide bonds. The van der Waals surface area contributed by atoms with Crippen LogP contribution in [0, 0.1) is 56.7 Å². The van der Waals surface area contributed by atoms with E-state index in [9.17, 15) is 4.79 Å². The Morgan fingerprint density at radius 2 is 1.60 bits per heavy atom. The van der Waals surface area contributed by atoms with Crippen molar-refractivity contribution in [3.8, 4) is 24.3 Å². The Morgan fingerprint density at radius 1 is 1.10 bits per heavy atom. The fourth-order valence-electron chi connectivity index (χ4n) is 1.58. The van der Waals surface area contributed by atoms with Crippen LogP contribution in [-0.4, -0.2) is 5.78 Å². The third-order valence-corrected chi connectivity index (χ3v) is 3.01. The van der Waals surface area contributed by atoms with Gasteiger partial charge in [-0.25, -0.2) is 0 Å². The molecule has 0 fully saturated rings. The second kappa shape index (κ2) is 6.35. The fourth-order valence-corrected chi connectivity index (χ4v) is 1.70. The van der Waals surface area contributed by atoms with Crippen LogP contribution in [0.15, 0.2) is 24.3 Å². The normalized spacial score (nSPS) is 9.90. The Hall–Kier alpha value is -2.86. The van der Waals surface area contributed by atoms with Gasteiger partial charge in [0.2, 0.25) is 0 Å². The van der Waals surface area contributed by atoms with Crippen molar-refractivity contribution < 1.29 is 4.79 Å². The highest BCUT2D eigenvalue weighted by molar-refractivity contribution is 6.30. The van der Waals surface area contributed by atoms with Gasteiger partial charge in [0.05, 0.1) is 24.3 Å². The highest BCUT2D eigenvalue weighted by atomic mass is 35.5. The highest BCUT2D eigenvalue weighted by Gasteiger charge is 2.42. The lowest BCUT2D eigenvalue weighted by atomic mass is 9.74. The summed E-state index contributed by atoms with van der Waals surface area (Å²) in [5.74, 6) is -1.99. The molecule has 0 spiro atoms. The Morgan fingerprint density at radius 3 is 2.00 bits per heavy atom. The van der Waals surface area contributed by atoms with E-state index in [0.29, 0.717) is 5.02 Å². The van der Waals surface area contributed by atoms with E-state index in [1.165, 1.54) is 24.3 Å². The number of rotatable bonds is 4. The van der Waals surface area contributed by atoms with Crippen molar-refractivity contribution in [3.63, 3.8) is 0 Å². The van der Waals surface area contributed by atoms with Crippen LogP contribution >= 0.6 is 11.6 Å². The molecule has 0 aliphatic rings. The molecule has 0 bridgehead atoms. The summed E-state index contributed by atoms with van der Waals surface area (Å²) in [5, 5.41) is 36.3. The van der Waals surface area contributed by atoms with Crippen molar-refractivity contribution in [2.75, 3.05) is 0 Å². The van der Waals surface area contributed by atoms with Crippen molar-refractivity contribution in [2.24, 2.45) is 11.3 Å². The Balaban J connectivity index is 3.11. The van der Waals surface area contributed by atoms with Gasteiger partial charge in [-0.2, -0.15) is 21.0 Å². The maximum absolute atomic E-state index is 12.1. The molecule has 0 aromatic heterocycles. The summed E-state index contributed by atoms with van der Waals surface area (Å²) in [6, 6.07) is 12.3. The molecule has 5 nitrogen and oxygen atoms in total. The monoisotopic (exact) mass is 282 g/mol. The number of nitrogens with zero attached hydrogens (tertiary/aromatic N) is 4. The van der Waals surface area contributed by atoms with E-state index in [2.05, 4.69) is 0 Å². The van der Waals surface area contributed by atoms with Crippen molar-refractivity contribution in [3.05, 3.63) is 34.9 Å². The maximum atomic E-state index is 12.1. The number of hydrogen-bond donors (Lipinski definition) is 0. The fraction of sp³-hybridized carbons (Fsp3) is 0.214. The van der Waals surface area contributed by atoms with Crippen LogP contribution in [-0.2, 0) is 0 Å². The van der Waals surface area contributed by atoms with Crippen LogP contribution in [0.2, 0.25) is 5.02 Å². The summed E-state index contributed by atoms with van der Waals surface area (Å²) >= 11 is 5.70. The van der Waals surface area contributed by atoms with E-state index < -0.39 is 23.5 Å². The van der Waals surface area contributed by atoms with Gasteiger partial charge >= 0.3 is 0 Å². The Kier molecular flexibility index (Phi) is 4.82. The maximum Gasteiger partial charge on any atom is 0.179 e. The van der Waals surface area contributed by atoms with Crippen molar-refractivity contribution in [1.29, 1.82) is 21.0 Å². The summed E-state index contributed by atoms with van der Waals surface area (Å²) in [4.78, 5) is 12.1. The lowest BCUT2D eigenvalue weighted by Crippen LogP contribution is -2.29. The first-order valence-corrected chi connectivity index (χ1v) is 5.81. The van der Waals surface area contributed by atoms with Crippen LogP contribution in [0.3, 0.4) is 0 Å². The van der Waals surface area contributed by atoms with Gasteiger partial charge in [-0.1, -0.05) is 11.6 Å². The lowest BCUT2D eigenvalue weighted by Gasteiger charge is -2.17. The number of ketones is 1.